The van der Waals surface area contributed by atoms with Crippen LogP contribution < -0.4 is 5.73 Å². The van der Waals surface area contributed by atoms with Gasteiger partial charge in [-0.1, -0.05) is 134 Å². The second kappa shape index (κ2) is 56.8. The number of rotatable bonds is 6. The Morgan fingerprint density at radius 3 is 0.833 bits per heavy atom. The lowest BCUT2D eigenvalue weighted by Gasteiger charge is -2.05. The fourth-order valence-corrected chi connectivity index (χ4v) is 1.42. The predicted octanol–water partition coefficient (Wildman–Crippen LogP) is 9.10. The zero-order valence-electron chi connectivity index (χ0n) is 20.4. The number of hydrogen-bond acceptors (Lipinski definition) is 1. The molecule has 0 fully saturated rings. The van der Waals surface area contributed by atoms with E-state index in [0.29, 0.717) is 0 Å². The summed E-state index contributed by atoms with van der Waals surface area (Å²) in [7, 11) is 1.50. The molecule has 0 aromatic heterocycles. The highest BCUT2D eigenvalue weighted by molar-refractivity contribution is 4.48. The Balaban J connectivity index is -0.0000000448. The molecule has 0 aliphatic heterocycles. The first-order chi connectivity index (χ1) is 11.4. The van der Waals surface area contributed by atoms with Crippen molar-refractivity contribution in [3.63, 3.8) is 0 Å². The van der Waals surface area contributed by atoms with Crippen LogP contribution in [0.15, 0.2) is 0 Å². The summed E-state index contributed by atoms with van der Waals surface area (Å²) in [6.07, 6.45) is 10.7. The summed E-state index contributed by atoms with van der Waals surface area (Å²) >= 11 is 0. The fraction of sp³-hybridized carbons (Fsp3) is 1.00. The van der Waals surface area contributed by atoms with E-state index in [1.807, 2.05) is 13.8 Å². The zero-order valence-corrected chi connectivity index (χ0v) is 20.4. The van der Waals surface area contributed by atoms with Crippen molar-refractivity contribution in [3.05, 3.63) is 0 Å². The average molecular weight is 350 g/mol. The predicted molar refractivity (Wildman–Crippen MR) is 122 cm³/mol. The Morgan fingerprint density at radius 2 is 0.750 bits per heavy atom. The van der Waals surface area contributed by atoms with Crippen LogP contribution in [0.5, 0.6) is 0 Å². The maximum absolute atomic E-state index is 4.50. The molecule has 0 aliphatic carbocycles. The van der Waals surface area contributed by atoms with Gasteiger partial charge in [0, 0.05) is 0 Å². The van der Waals surface area contributed by atoms with E-state index in [1.165, 1.54) is 58.4 Å². The molecular formula is C23H59N. The first kappa shape index (κ1) is 39.2. The molecule has 0 atom stereocenters. The lowest BCUT2D eigenvalue weighted by Crippen LogP contribution is -1.91. The van der Waals surface area contributed by atoms with Gasteiger partial charge in [0.1, 0.15) is 0 Å². The SMILES string of the molecule is CC.CCC.CCC.CCC(C)CC.CCCC(C)CCC.CN. The Kier molecular flexibility index (Phi) is 92.7. The number of hydrogen-bond donors (Lipinski definition) is 1. The van der Waals surface area contributed by atoms with Crippen molar-refractivity contribution in [2.75, 3.05) is 7.05 Å². The smallest absolute Gasteiger partial charge is 0.0195 e. The summed E-state index contributed by atoms with van der Waals surface area (Å²) in [5.41, 5.74) is 4.50. The van der Waals surface area contributed by atoms with Crippen molar-refractivity contribution in [2.45, 2.75) is 134 Å². The van der Waals surface area contributed by atoms with Crippen molar-refractivity contribution in [3.8, 4) is 0 Å². The van der Waals surface area contributed by atoms with E-state index in [9.17, 15) is 0 Å². The Morgan fingerprint density at radius 1 is 0.542 bits per heavy atom. The molecule has 0 unspecified atom stereocenters. The Bertz CT molecular complexity index is 101. The highest BCUT2D eigenvalue weighted by Gasteiger charge is 1.95. The highest BCUT2D eigenvalue weighted by atomic mass is 14.4. The van der Waals surface area contributed by atoms with Crippen LogP contribution in [0.4, 0.5) is 0 Å². The Hall–Kier alpha value is -0.0400. The third kappa shape index (κ3) is 97.3. The van der Waals surface area contributed by atoms with E-state index in [1.54, 1.807) is 0 Å². The van der Waals surface area contributed by atoms with Gasteiger partial charge in [-0.15, -0.1) is 0 Å². The topological polar surface area (TPSA) is 26.0 Å². The monoisotopic (exact) mass is 349 g/mol. The standard InChI is InChI=1S/C8H18.C6H14.2C3H8.C2H6.CH5N/c1-4-6-8(3)7-5-2;1-4-6(3)5-2;2*1-3-2;2*1-2/h8H,4-7H2,1-3H3;6H,4-5H2,1-3H3;2*3H2,1-2H3;1-2H3;2H2,1H3. The van der Waals surface area contributed by atoms with Gasteiger partial charge in [0.05, 0.1) is 0 Å². The first-order valence-electron chi connectivity index (χ1n) is 11.0. The lowest BCUT2D eigenvalue weighted by molar-refractivity contribution is 0.480. The first-order valence-corrected chi connectivity index (χ1v) is 11.0. The van der Waals surface area contributed by atoms with Gasteiger partial charge in [-0.3, -0.25) is 0 Å². The van der Waals surface area contributed by atoms with E-state index in [-0.39, 0.29) is 0 Å². The maximum Gasteiger partial charge on any atom is -0.0195 e. The molecule has 0 radical (unpaired) electrons. The fourth-order valence-electron chi connectivity index (χ4n) is 1.42. The minimum atomic E-state index is 0.935. The molecule has 0 aliphatic rings. The zero-order chi connectivity index (χ0) is 20.8. The Labute approximate surface area is 159 Å². The van der Waals surface area contributed by atoms with Gasteiger partial charge in [0.2, 0.25) is 0 Å². The quantitative estimate of drug-likeness (QED) is 0.508. The summed E-state index contributed by atoms with van der Waals surface area (Å²) < 4.78 is 0. The van der Waals surface area contributed by atoms with Gasteiger partial charge < -0.3 is 5.73 Å². The van der Waals surface area contributed by atoms with Gasteiger partial charge >= 0.3 is 0 Å². The molecule has 1 heteroatoms. The van der Waals surface area contributed by atoms with Crippen LogP contribution in [0.1, 0.15) is 134 Å². The second-order valence-electron chi connectivity index (χ2n) is 6.02. The summed E-state index contributed by atoms with van der Waals surface area (Å²) in [5.74, 6) is 1.90. The van der Waals surface area contributed by atoms with Crippen molar-refractivity contribution >= 4 is 0 Å². The molecule has 0 aromatic carbocycles. The molecule has 0 saturated heterocycles. The highest BCUT2D eigenvalue weighted by Crippen LogP contribution is 2.10. The van der Waals surface area contributed by atoms with Crippen molar-refractivity contribution < 1.29 is 0 Å². The summed E-state index contributed by atoms with van der Waals surface area (Å²) in [4.78, 5) is 0. The van der Waals surface area contributed by atoms with Crippen molar-refractivity contribution in [1.29, 1.82) is 0 Å². The molecule has 156 valence electrons. The maximum atomic E-state index is 4.50. The third-order valence-corrected chi connectivity index (χ3v) is 2.96. The van der Waals surface area contributed by atoms with Crippen molar-refractivity contribution in [1.82, 2.24) is 0 Å². The summed E-state index contributed by atoms with van der Waals surface area (Å²) in [6.45, 7) is 26.1. The molecule has 0 spiro atoms. The van der Waals surface area contributed by atoms with Crippen LogP contribution in [0.25, 0.3) is 0 Å². The van der Waals surface area contributed by atoms with Crippen LogP contribution in [0, 0.1) is 11.8 Å². The van der Waals surface area contributed by atoms with Gasteiger partial charge in [0.15, 0.2) is 0 Å². The largest absolute Gasteiger partial charge is 0.333 e. The normalized spacial score (nSPS) is 8.00. The van der Waals surface area contributed by atoms with E-state index in [2.05, 4.69) is 75.0 Å². The molecular weight excluding hydrogens is 290 g/mol. The molecule has 0 bridgehead atoms. The molecule has 0 saturated carbocycles. The van der Waals surface area contributed by atoms with E-state index >= 15 is 0 Å². The van der Waals surface area contributed by atoms with Gasteiger partial charge in [0.25, 0.3) is 0 Å². The van der Waals surface area contributed by atoms with Crippen LogP contribution in [0.3, 0.4) is 0 Å². The van der Waals surface area contributed by atoms with E-state index in [0.717, 1.165) is 11.8 Å². The van der Waals surface area contributed by atoms with Crippen LogP contribution in [-0.4, -0.2) is 7.05 Å². The summed E-state index contributed by atoms with van der Waals surface area (Å²) in [6, 6.07) is 0. The third-order valence-electron chi connectivity index (χ3n) is 2.96. The lowest BCUT2D eigenvalue weighted by atomic mass is 10.0. The second-order valence-corrected chi connectivity index (χ2v) is 6.02. The van der Waals surface area contributed by atoms with Gasteiger partial charge in [-0.2, -0.15) is 0 Å². The van der Waals surface area contributed by atoms with Crippen LogP contribution >= 0.6 is 0 Å². The van der Waals surface area contributed by atoms with Gasteiger partial charge in [-0.25, -0.2) is 0 Å². The van der Waals surface area contributed by atoms with Crippen LogP contribution in [0.2, 0.25) is 0 Å². The molecule has 24 heavy (non-hydrogen) atoms. The number of nitrogens with two attached hydrogens (primary N) is 1. The molecule has 0 aromatic rings. The average Bonchev–Trinajstić information content (AvgIpc) is 2.60. The molecule has 0 amide bonds. The summed E-state index contributed by atoms with van der Waals surface area (Å²) in [5, 5.41) is 0. The van der Waals surface area contributed by atoms with E-state index in [4.69, 9.17) is 0 Å². The minimum Gasteiger partial charge on any atom is -0.333 e. The van der Waals surface area contributed by atoms with E-state index < -0.39 is 0 Å². The van der Waals surface area contributed by atoms with Crippen LogP contribution in [-0.2, 0) is 0 Å². The van der Waals surface area contributed by atoms with Gasteiger partial charge in [-0.05, 0) is 18.9 Å². The molecule has 0 heterocycles. The van der Waals surface area contributed by atoms with Crippen molar-refractivity contribution in [2.24, 2.45) is 17.6 Å². The molecule has 2 N–H and O–H groups in total. The molecule has 0 rings (SSSR count). The minimum absolute atomic E-state index is 0.935. The molecule has 1 nitrogen and oxygen atoms in total.